The molecule has 2 atom stereocenters. The summed E-state index contributed by atoms with van der Waals surface area (Å²) in [6.07, 6.45) is 3.42. The minimum atomic E-state index is -0.306. The number of rotatable bonds is 3. The van der Waals surface area contributed by atoms with Crippen molar-refractivity contribution in [3.05, 3.63) is 75.8 Å². The number of aromatic nitrogens is 1. The van der Waals surface area contributed by atoms with E-state index in [0.717, 1.165) is 46.7 Å². The second kappa shape index (κ2) is 6.78. The Hall–Kier alpha value is -2.60. The van der Waals surface area contributed by atoms with Crippen molar-refractivity contribution < 1.29 is 13.6 Å². The van der Waals surface area contributed by atoms with Crippen molar-refractivity contribution in [2.45, 2.75) is 37.6 Å². The highest BCUT2D eigenvalue weighted by molar-refractivity contribution is 7.15. The Bertz CT molecular complexity index is 1060. The molecule has 0 radical (unpaired) electrons. The molecular weight excluding hydrogens is 378 g/mol. The maximum atomic E-state index is 13.5. The normalized spacial score (nSPS) is 20.1. The second-order valence-electron chi connectivity index (χ2n) is 7.39. The highest BCUT2D eigenvalue weighted by Gasteiger charge is 2.35. The van der Waals surface area contributed by atoms with E-state index in [-0.39, 0.29) is 29.5 Å². The fourth-order valence-corrected chi connectivity index (χ4v) is 5.23. The number of aryl methyl sites for hydroxylation is 1. The van der Waals surface area contributed by atoms with E-state index in [1.54, 1.807) is 29.5 Å². The van der Waals surface area contributed by atoms with Crippen LogP contribution >= 0.6 is 11.3 Å². The van der Waals surface area contributed by atoms with Crippen LogP contribution in [0.15, 0.2) is 42.5 Å². The Kier molecular flexibility index (Phi) is 4.23. The van der Waals surface area contributed by atoms with Gasteiger partial charge < -0.3 is 5.32 Å². The highest BCUT2D eigenvalue weighted by atomic mass is 32.1. The molecule has 2 aromatic carbocycles. The third-order valence-electron chi connectivity index (χ3n) is 5.59. The molecular formula is C22H18F2N2OS. The van der Waals surface area contributed by atoms with Gasteiger partial charge in [0.1, 0.15) is 16.6 Å². The molecule has 2 unspecified atom stereocenters. The van der Waals surface area contributed by atoms with Crippen molar-refractivity contribution >= 4 is 17.2 Å². The van der Waals surface area contributed by atoms with Crippen LogP contribution in [0.1, 0.15) is 46.5 Å². The van der Waals surface area contributed by atoms with Crippen molar-refractivity contribution in [1.82, 2.24) is 10.3 Å². The summed E-state index contributed by atoms with van der Waals surface area (Å²) in [7, 11) is 0. The number of hydrogen-bond acceptors (Lipinski definition) is 3. The van der Waals surface area contributed by atoms with Crippen LogP contribution in [0.4, 0.5) is 8.78 Å². The Balaban J connectivity index is 1.37. The molecule has 2 aliphatic rings. The summed E-state index contributed by atoms with van der Waals surface area (Å²) in [5, 5.41) is 3.98. The van der Waals surface area contributed by atoms with Gasteiger partial charge in [0.15, 0.2) is 0 Å². The quantitative estimate of drug-likeness (QED) is 0.683. The van der Waals surface area contributed by atoms with E-state index in [4.69, 9.17) is 4.98 Å². The van der Waals surface area contributed by atoms with Crippen molar-refractivity contribution in [2.24, 2.45) is 0 Å². The van der Waals surface area contributed by atoms with Crippen LogP contribution < -0.4 is 5.32 Å². The summed E-state index contributed by atoms with van der Waals surface area (Å²) in [6, 6.07) is 10.9. The lowest BCUT2D eigenvalue weighted by Gasteiger charge is -2.31. The number of nitrogens with one attached hydrogen (secondary N) is 1. The monoisotopic (exact) mass is 396 g/mol. The van der Waals surface area contributed by atoms with Gasteiger partial charge in [0.25, 0.3) is 0 Å². The molecule has 1 N–H and O–H groups in total. The summed E-state index contributed by atoms with van der Waals surface area (Å²) in [4.78, 5) is 18.7. The number of carbonyl (C=O) groups is 1. The van der Waals surface area contributed by atoms with Gasteiger partial charge in [0, 0.05) is 10.4 Å². The number of hydrogen-bond donors (Lipinski definition) is 1. The minimum absolute atomic E-state index is 0.0627. The minimum Gasteiger partial charge on any atom is -0.347 e. The number of amides is 1. The van der Waals surface area contributed by atoms with Crippen molar-refractivity contribution in [1.29, 1.82) is 0 Å². The standard InChI is InChI=1S/C22H18F2N2OS/c23-14-7-4-12(5-8-14)22-26-20-18(2-1-3-19(20)28-22)25-21(27)17-10-13-6-9-15(24)11-16(13)17/h4-9,11,17-18H,1-3,10H2,(H,25,27). The number of benzene rings is 2. The fraction of sp³-hybridized carbons (Fsp3) is 0.273. The van der Waals surface area contributed by atoms with Crippen LogP contribution in [-0.4, -0.2) is 10.9 Å². The first-order valence-electron chi connectivity index (χ1n) is 9.43. The maximum Gasteiger partial charge on any atom is 0.228 e. The van der Waals surface area contributed by atoms with Gasteiger partial charge in [0.2, 0.25) is 5.91 Å². The van der Waals surface area contributed by atoms with E-state index >= 15 is 0 Å². The zero-order chi connectivity index (χ0) is 19.3. The topological polar surface area (TPSA) is 42.0 Å². The molecule has 142 valence electrons. The number of thiazole rings is 1. The predicted molar refractivity (Wildman–Crippen MR) is 104 cm³/mol. The van der Waals surface area contributed by atoms with E-state index in [1.165, 1.54) is 29.1 Å². The summed E-state index contributed by atoms with van der Waals surface area (Å²) in [5.74, 6) is -0.925. The van der Waals surface area contributed by atoms with Gasteiger partial charge in [-0.2, -0.15) is 0 Å². The Labute approximate surface area is 165 Å². The molecule has 1 aromatic heterocycles. The number of fused-ring (bicyclic) bond motifs is 2. The van der Waals surface area contributed by atoms with Crippen LogP contribution in [-0.2, 0) is 17.6 Å². The average molecular weight is 396 g/mol. The number of carbonyl (C=O) groups excluding carboxylic acids is 1. The van der Waals surface area contributed by atoms with E-state index in [2.05, 4.69) is 5.32 Å². The highest BCUT2D eigenvalue weighted by Crippen LogP contribution is 2.39. The van der Waals surface area contributed by atoms with Crippen molar-refractivity contribution in [3.8, 4) is 10.6 Å². The molecule has 28 heavy (non-hydrogen) atoms. The van der Waals surface area contributed by atoms with E-state index in [0.29, 0.717) is 6.42 Å². The van der Waals surface area contributed by atoms with Gasteiger partial charge in [-0.05, 0) is 73.2 Å². The molecule has 1 heterocycles. The molecule has 3 nitrogen and oxygen atoms in total. The molecule has 6 heteroatoms. The van der Waals surface area contributed by atoms with Crippen molar-refractivity contribution in [2.75, 3.05) is 0 Å². The summed E-state index contributed by atoms with van der Waals surface area (Å²) < 4.78 is 26.7. The third-order valence-corrected chi connectivity index (χ3v) is 6.77. The predicted octanol–water partition coefficient (Wildman–Crippen LogP) is 4.92. The number of nitrogens with zero attached hydrogens (tertiary/aromatic N) is 1. The molecule has 1 amide bonds. The summed E-state index contributed by atoms with van der Waals surface area (Å²) >= 11 is 1.61. The molecule has 3 aromatic rings. The van der Waals surface area contributed by atoms with Crippen LogP contribution in [0.5, 0.6) is 0 Å². The molecule has 5 rings (SSSR count). The van der Waals surface area contributed by atoms with Crippen LogP contribution in [0.2, 0.25) is 0 Å². The zero-order valence-electron chi connectivity index (χ0n) is 15.0. The summed E-state index contributed by atoms with van der Waals surface area (Å²) in [5.41, 5.74) is 3.63. The Morgan fingerprint density at radius 1 is 1.11 bits per heavy atom. The van der Waals surface area contributed by atoms with Gasteiger partial charge >= 0.3 is 0 Å². The van der Waals surface area contributed by atoms with Crippen LogP contribution in [0, 0.1) is 11.6 Å². The van der Waals surface area contributed by atoms with Gasteiger partial charge in [0.05, 0.1) is 17.7 Å². The summed E-state index contributed by atoms with van der Waals surface area (Å²) in [6.45, 7) is 0. The van der Waals surface area contributed by atoms with Gasteiger partial charge in [-0.3, -0.25) is 4.79 Å². The van der Waals surface area contributed by atoms with E-state index in [9.17, 15) is 13.6 Å². The smallest absolute Gasteiger partial charge is 0.228 e. The third kappa shape index (κ3) is 3.02. The van der Waals surface area contributed by atoms with Gasteiger partial charge in [-0.25, -0.2) is 13.8 Å². The lowest BCUT2D eigenvalue weighted by atomic mass is 9.76. The van der Waals surface area contributed by atoms with Gasteiger partial charge in [-0.15, -0.1) is 11.3 Å². The number of halogens is 2. The molecule has 0 bridgehead atoms. The molecule has 0 aliphatic heterocycles. The first kappa shape index (κ1) is 17.5. The molecule has 0 saturated carbocycles. The molecule has 0 spiro atoms. The Morgan fingerprint density at radius 2 is 1.89 bits per heavy atom. The maximum absolute atomic E-state index is 13.5. The van der Waals surface area contributed by atoms with Crippen LogP contribution in [0.3, 0.4) is 0 Å². The largest absolute Gasteiger partial charge is 0.347 e. The molecule has 2 aliphatic carbocycles. The van der Waals surface area contributed by atoms with Gasteiger partial charge in [-0.1, -0.05) is 6.07 Å². The zero-order valence-corrected chi connectivity index (χ0v) is 15.9. The molecule has 0 fully saturated rings. The SMILES string of the molecule is O=C(NC1CCCc2sc(-c3ccc(F)cc3)nc21)C1Cc2ccc(F)cc21. The van der Waals surface area contributed by atoms with Crippen molar-refractivity contribution in [3.63, 3.8) is 0 Å². The first-order valence-corrected chi connectivity index (χ1v) is 10.2. The Morgan fingerprint density at radius 3 is 2.71 bits per heavy atom. The molecule has 0 saturated heterocycles. The fourth-order valence-electron chi connectivity index (χ4n) is 4.06. The van der Waals surface area contributed by atoms with E-state index in [1.807, 2.05) is 0 Å². The van der Waals surface area contributed by atoms with E-state index < -0.39 is 0 Å². The van der Waals surface area contributed by atoms with Crippen LogP contribution in [0.25, 0.3) is 10.6 Å². The lowest BCUT2D eigenvalue weighted by molar-refractivity contribution is -0.124. The average Bonchev–Trinajstić information content (AvgIpc) is 3.10. The lowest BCUT2D eigenvalue weighted by Crippen LogP contribution is -2.38. The second-order valence-corrected chi connectivity index (χ2v) is 8.47. The first-order chi connectivity index (χ1) is 13.6.